The van der Waals surface area contributed by atoms with Crippen molar-refractivity contribution in [3.63, 3.8) is 0 Å². The van der Waals surface area contributed by atoms with Crippen LogP contribution in [0, 0.1) is 0 Å². The van der Waals surface area contributed by atoms with Crippen LogP contribution in [0.15, 0.2) is 54.6 Å². The first kappa shape index (κ1) is 18.8. The van der Waals surface area contributed by atoms with Crippen molar-refractivity contribution in [1.29, 1.82) is 0 Å². The lowest BCUT2D eigenvalue weighted by Gasteiger charge is -2.14. The van der Waals surface area contributed by atoms with E-state index < -0.39 is 5.25 Å². The maximum absolute atomic E-state index is 12.5. The number of benzene rings is 2. The van der Waals surface area contributed by atoms with Gasteiger partial charge in [0.25, 0.3) is 0 Å². The Labute approximate surface area is 160 Å². The third-order valence-electron chi connectivity index (χ3n) is 4.09. The molecule has 3 rings (SSSR count). The topological polar surface area (TPSA) is 83.6 Å². The molecule has 0 saturated carbocycles. The van der Waals surface area contributed by atoms with E-state index in [0.717, 1.165) is 11.8 Å². The summed E-state index contributed by atoms with van der Waals surface area (Å²) in [7, 11) is 0. The molecule has 2 aromatic rings. The van der Waals surface area contributed by atoms with Gasteiger partial charge >= 0.3 is 0 Å². The first-order valence-corrected chi connectivity index (χ1v) is 9.45. The molecule has 0 unspecified atom stereocenters. The first-order valence-electron chi connectivity index (χ1n) is 8.40. The maximum atomic E-state index is 12.5. The Hall–Kier alpha value is -2.93. The SMILES string of the molecule is CC(=O)c1cccc(NC(=O)CS[C@@H]2CC(=O)N(c3ccccc3)C2=O)c1. The number of nitrogens with one attached hydrogen (secondary N) is 1. The molecule has 1 atom stereocenters. The van der Waals surface area contributed by atoms with Crippen LogP contribution >= 0.6 is 11.8 Å². The van der Waals surface area contributed by atoms with Crippen molar-refractivity contribution in [2.45, 2.75) is 18.6 Å². The number of para-hydroxylation sites is 1. The van der Waals surface area contributed by atoms with Gasteiger partial charge in [0.15, 0.2) is 5.78 Å². The van der Waals surface area contributed by atoms with Crippen LogP contribution < -0.4 is 10.2 Å². The second kappa shape index (κ2) is 8.18. The highest BCUT2D eigenvalue weighted by atomic mass is 32.2. The molecule has 1 heterocycles. The van der Waals surface area contributed by atoms with Crippen molar-refractivity contribution in [1.82, 2.24) is 0 Å². The number of hydrogen-bond acceptors (Lipinski definition) is 5. The number of ketones is 1. The second-order valence-electron chi connectivity index (χ2n) is 6.09. The summed E-state index contributed by atoms with van der Waals surface area (Å²) in [6, 6.07) is 15.4. The largest absolute Gasteiger partial charge is 0.325 e. The van der Waals surface area contributed by atoms with Gasteiger partial charge in [0.1, 0.15) is 0 Å². The van der Waals surface area contributed by atoms with E-state index >= 15 is 0 Å². The minimum atomic E-state index is -0.577. The second-order valence-corrected chi connectivity index (χ2v) is 7.28. The lowest BCUT2D eigenvalue weighted by molar-refractivity contribution is -0.121. The predicted molar refractivity (Wildman–Crippen MR) is 105 cm³/mol. The van der Waals surface area contributed by atoms with E-state index in [9.17, 15) is 19.2 Å². The molecule has 0 bridgehead atoms. The summed E-state index contributed by atoms with van der Waals surface area (Å²) in [4.78, 5) is 49.5. The Morgan fingerprint density at radius 1 is 1.11 bits per heavy atom. The van der Waals surface area contributed by atoms with E-state index in [0.29, 0.717) is 16.9 Å². The van der Waals surface area contributed by atoms with Gasteiger partial charge in [0, 0.05) is 17.7 Å². The summed E-state index contributed by atoms with van der Waals surface area (Å²) in [6.45, 7) is 1.46. The van der Waals surface area contributed by atoms with Gasteiger partial charge in [-0.25, -0.2) is 4.90 Å². The number of thioether (sulfide) groups is 1. The number of rotatable bonds is 6. The fourth-order valence-electron chi connectivity index (χ4n) is 2.77. The van der Waals surface area contributed by atoms with E-state index in [1.165, 1.54) is 11.8 Å². The minimum Gasteiger partial charge on any atom is -0.325 e. The van der Waals surface area contributed by atoms with E-state index in [1.807, 2.05) is 6.07 Å². The predicted octanol–water partition coefficient (Wildman–Crippen LogP) is 2.89. The van der Waals surface area contributed by atoms with Crippen molar-refractivity contribution in [2.75, 3.05) is 16.0 Å². The quantitative estimate of drug-likeness (QED) is 0.613. The van der Waals surface area contributed by atoms with Gasteiger partial charge in [-0.3, -0.25) is 19.2 Å². The van der Waals surface area contributed by atoms with Crippen LogP contribution in [0.2, 0.25) is 0 Å². The van der Waals surface area contributed by atoms with E-state index in [-0.39, 0.29) is 35.7 Å². The van der Waals surface area contributed by atoms with Crippen LogP contribution in [0.5, 0.6) is 0 Å². The fraction of sp³-hybridized carbons (Fsp3) is 0.200. The number of imide groups is 1. The standard InChI is InChI=1S/C20H18N2O4S/c1-13(23)14-6-5-7-15(10-14)21-18(24)12-27-17-11-19(25)22(20(17)26)16-8-3-2-4-9-16/h2-10,17H,11-12H2,1H3,(H,21,24)/t17-/m1/s1. The summed E-state index contributed by atoms with van der Waals surface area (Å²) in [5.41, 5.74) is 1.57. The van der Waals surface area contributed by atoms with Gasteiger partial charge in [0.05, 0.1) is 16.7 Å². The Kier molecular flexibility index (Phi) is 5.71. The molecule has 27 heavy (non-hydrogen) atoms. The van der Waals surface area contributed by atoms with Crippen LogP contribution in [0.4, 0.5) is 11.4 Å². The summed E-state index contributed by atoms with van der Waals surface area (Å²) < 4.78 is 0. The molecule has 1 saturated heterocycles. The van der Waals surface area contributed by atoms with E-state index in [2.05, 4.69) is 5.32 Å². The van der Waals surface area contributed by atoms with Crippen molar-refractivity contribution in [2.24, 2.45) is 0 Å². The zero-order chi connectivity index (χ0) is 19.4. The number of Topliss-reactive ketones (excluding diaryl/α,β-unsaturated/α-hetero) is 1. The molecule has 0 aliphatic carbocycles. The third kappa shape index (κ3) is 4.43. The van der Waals surface area contributed by atoms with Crippen molar-refractivity contribution < 1.29 is 19.2 Å². The minimum absolute atomic E-state index is 0.0383. The Morgan fingerprint density at radius 2 is 1.85 bits per heavy atom. The average Bonchev–Trinajstić information content (AvgIpc) is 2.94. The molecule has 6 nitrogen and oxygen atoms in total. The molecule has 7 heteroatoms. The average molecular weight is 382 g/mol. The van der Waals surface area contributed by atoms with E-state index in [1.54, 1.807) is 48.5 Å². The lowest BCUT2D eigenvalue weighted by atomic mass is 10.1. The van der Waals surface area contributed by atoms with Gasteiger partial charge in [-0.15, -0.1) is 11.8 Å². The molecule has 0 radical (unpaired) electrons. The van der Waals surface area contributed by atoms with Crippen LogP contribution in [0.3, 0.4) is 0 Å². The van der Waals surface area contributed by atoms with Crippen molar-refractivity contribution >= 4 is 46.6 Å². The number of carbonyl (C=O) groups excluding carboxylic acids is 4. The molecule has 3 amide bonds. The molecule has 2 aromatic carbocycles. The summed E-state index contributed by atoms with van der Waals surface area (Å²) >= 11 is 1.14. The summed E-state index contributed by atoms with van der Waals surface area (Å²) in [6.07, 6.45) is 0.0749. The number of hydrogen-bond donors (Lipinski definition) is 1. The highest BCUT2D eigenvalue weighted by Crippen LogP contribution is 2.29. The Bertz CT molecular complexity index is 898. The molecule has 138 valence electrons. The van der Waals surface area contributed by atoms with Gasteiger partial charge in [-0.2, -0.15) is 0 Å². The highest BCUT2D eigenvalue weighted by molar-refractivity contribution is 8.01. The summed E-state index contributed by atoms with van der Waals surface area (Å²) in [5.74, 6) is -0.909. The number of anilines is 2. The lowest BCUT2D eigenvalue weighted by Crippen LogP contribution is -2.31. The fourth-order valence-corrected chi connectivity index (χ4v) is 3.71. The molecule has 1 aliphatic heterocycles. The normalized spacial score (nSPS) is 16.5. The smallest absolute Gasteiger partial charge is 0.247 e. The van der Waals surface area contributed by atoms with Gasteiger partial charge in [-0.05, 0) is 31.2 Å². The van der Waals surface area contributed by atoms with E-state index in [4.69, 9.17) is 0 Å². The maximum Gasteiger partial charge on any atom is 0.247 e. The molecular weight excluding hydrogens is 364 g/mol. The Balaban J connectivity index is 1.58. The highest BCUT2D eigenvalue weighted by Gasteiger charge is 2.39. The molecule has 0 aromatic heterocycles. The molecule has 1 N–H and O–H groups in total. The van der Waals surface area contributed by atoms with Gasteiger partial charge in [-0.1, -0.05) is 30.3 Å². The summed E-state index contributed by atoms with van der Waals surface area (Å²) in [5, 5.41) is 2.13. The van der Waals surface area contributed by atoms with Crippen molar-refractivity contribution in [3.05, 3.63) is 60.2 Å². The van der Waals surface area contributed by atoms with Crippen LogP contribution in [-0.2, 0) is 14.4 Å². The monoisotopic (exact) mass is 382 g/mol. The molecule has 1 aliphatic rings. The van der Waals surface area contributed by atoms with Crippen molar-refractivity contribution in [3.8, 4) is 0 Å². The zero-order valence-corrected chi connectivity index (χ0v) is 15.5. The molecule has 1 fully saturated rings. The van der Waals surface area contributed by atoms with Gasteiger partial charge < -0.3 is 5.32 Å². The molecule has 0 spiro atoms. The van der Waals surface area contributed by atoms with Crippen LogP contribution in [0.25, 0.3) is 0 Å². The number of amides is 3. The third-order valence-corrected chi connectivity index (χ3v) is 5.29. The van der Waals surface area contributed by atoms with Gasteiger partial charge in [0.2, 0.25) is 17.7 Å². The van der Waals surface area contributed by atoms with Crippen LogP contribution in [0.1, 0.15) is 23.7 Å². The zero-order valence-electron chi connectivity index (χ0n) is 14.7. The number of carbonyl (C=O) groups is 4. The number of nitrogens with zero attached hydrogens (tertiary/aromatic N) is 1. The Morgan fingerprint density at radius 3 is 2.56 bits per heavy atom. The van der Waals surface area contributed by atoms with Crippen LogP contribution in [-0.4, -0.2) is 34.5 Å². The first-order chi connectivity index (χ1) is 13.0. The molecular formula is C20H18N2O4S.